The van der Waals surface area contributed by atoms with Crippen LogP contribution in [0.2, 0.25) is 0 Å². The summed E-state index contributed by atoms with van der Waals surface area (Å²) >= 11 is 0. The fourth-order valence-corrected chi connectivity index (χ4v) is 2.23. The van der Waals surface area contributed by atoms with Gasteiger partial charge in [-0.2, -0.15) is 0 Å². The normalized spacial score (nSPS) is 17.8. The molecule has 9 nitrogen and oxygen atoms in total. The zero-order valence-electron chi connectivity index (χ0n) is 12.3. The molecule has 1 atom stereocenters. The molecule has 120 valence electrons. The van der Waals surface area contributed by atoms with Crippen LogP contribution in [0.3, 0.4) is 0 Å². The van der Waals surface area contributed by atoms with Crippen LogP contribution in [0.15, 0.2) is 30.9 Å². The number of aliphatic hydroxyl groups is 1. The molecular weight excluding hydrogens is 300 g/mol. The fourth-order valence-electron chi connectivity index (χ4n) is 2.23. The molecule has 1 unspecified atom stereocenters. The Hall–Kier alpha value is -2.65. The average molecular weight is 316 g/mol. The predicted octanol–water partition coefficient (Wildman–Crippen LogP) is -0.0976. The van der Waals surface area contributed by atoms with E-state index in [1.807, 2.05) is 0 Å². The van der Waals surface area contributed by atoms with Crippen molar-refractivity contribution in [3.8, 4) is 0 Å². The molecule has 2 N–H and O–H groups in total. The monoisotopic (exact) mass is 316 g/mol. The van der Waals surface area contributed by atoms with Crippen LogP contribution in [0.4, 0.5) is 11.8 Å². The van der Waals surface area contributed by atoms with E-state index in [1.54, 1.807) is 35.8 Å². The molecule has 2 aromatic heterocycles. The first-order valence-electron chi connectivity index (χ1n) is 7.12. The third-order valence-electron chi connectivity index (χ3n) is 3.34. The number of aliphatic hydroxyl groups excluding tert-OH is 1. The Morgan fingerprint density at radius 2 is 2.22 bits per heavy atom. The molecule has 2 aromatic rings. The Labute approximate surface area is 132 Å². The standard InChI is InChI=1S/C14H16N6O3/c21-9-13(22)20-4-5-23-11(8-20)10-6-15-7-12(18-10)19-14-16-2-1-3-17-14/h1-3,6-7,11,21H,4-5,8-9H2,(H,16,17,18,19). The summed E-state index contributed by atoms with van der Waals surface area (Å²) in [6.45, 7) is 0.668. The average Bonchev–Trinajstić information content (AvgIpc) is 2.62. The van der Waals surface area contributed by atoms with E-state index >= 15 is 0 Å². The minimum absolute atomic E-state index is 0.321. The molecule has 1 aliphatic heterocycles. The first kappa shape index (κ1) is 15.3. The maximum Gasteiger partial charge on any atom is 0.248 e. The van der Waals surface area contributed by atoms with Crippen LogP contribution in [0.25, 0.3) is 0 Å². The van der Waals surface area contributed by atoms with E-state index in [0.717, 1.165) is 0 Å². The molecule has 0 aliphatic carbocycles. The van der Waals surface area contributed by atoms with E-state index in [0.29, 0.717) is 37.2 Å². The zero-order valence-corrected chi connectivity index (χ0v) is 12.3. The SMILES string of the molecule is O=C(CO)N1CCOC(c2cncc(Nc3ncccn3)n2)C1. The van der Waals surface area contributed by atoms with Crippen molar-refractivity contribution in [2.45, 2.75) is 6.10 Å². The topological polar surface area (TPSA) is 113 Å². The summed E-state index contributed by atoms with van der Waals surface area (Å²) in [7, 11) is 0. The molecule has 1 saturated heterocycles. The minimum atomic E-state index is -0.509. The molecule has 1 fully saturated rings. The molecule has 0 spiro atoms. The number of carbonyl (C=O) groups is 1. The predicted molar refractivity (Wildman–Crippen MR) is 79.7 cm³/mol. The number of rotatable bonds is 4. The number of nitrogens with one attached hydrogen (secondary N) is 1. The molecule has 0 saturated carbocycles. The van der Waals surface area contributed by atoms with Crippen molar-refractivity contribution in [1.82, 2.24) is 24.8 Å². The summed E-state index contributed by atoms with van der Waals surface area (Å²) in [5.74, 6) is 0.585. The van der Waals surface area contributed by atoms with Gasteiger partial charge >= 0.3 is 0 Å². The lowest BCUT2D eigenvalue weighted by Crippen LogP contribution is -2.43. The molecule has 0 radical (unpaired) electrons. The van der Waals surface area contributed by atoms with E-state index in [9.17, 15) is 4.79 Å². The van der Waals surface area contributed by atoms with Crippen molar-refractivity contribution in [2.24, 2.45) is 0 Å². The maximum absolute atomic E-state index is 11.6. The highest BCUT2D eigenvalue weighted by Crippen LogP contribution is 2.21. The molecule has 23 heavy (non-hydrogen) atoms. The van der Waals surface area contributed by atoms with Gasteiger partial charge in [0.15, 0.2) is 5.82 Å². The molecule has 3 rings (SSSR count). The second-order valence-electron chi connectivity index (χ2n) is 4.88. The van der Waals surface area contributed by atoms with Crippen molar-refractivity contribution in [3.63, 3.8) is 0 Å². The first-order valence-corrected chi connectivity index (χ1v) is 7.12. The van der Waals surface area contributed by atoms with Crippen molar-refractivity contribution in [2.75, 3.05) is 31.6 Å². The fraction of sp³-hybridized carbons (Fsp3) is 0.357. The van der Waals surface area contributed by atoms with Crippen LogP contribution in [0.5, 0.6) is 0 Å². The molecule has 1 aliphatic rings. The van der Waals surface area contributed by atoms with Crippen molar-refractivity contribution in [3.05, 3.63) is 36.5 Å². The third kappa shape index (κ3) is 3.76. The van der Waals surface area contributed by atoms with Crippen molar-refractivity contribution in [1.29, 1.82) is 0 Å². The number of ether oxygens (including phenoxy) is 1. The maximum atomic E-state index is 11.6. The zero-order chi connectivity index (χ0) is 16.1. The lowest BCUT2D eigenvalue weighted by Gasteiger charge is -2.32. The van der Waals surface area contributed by atoms with Crippen molar-refractivity contribution >= 4 is 17.7 Å². The lowest BCUT2D eigenvalue weighted by molar-refractivity contribution is -0.142. The number of hydrogen-bond acceptors (Lipinski definition) is 8. The van der Waals surface area contributed by atoms with Crippen LogP contribution in [0, 0.1) is 0 Å². The Balaban J connectivity index is 1.73. The number of aromatic nitrogens is 4. The number of anilines is 2. The van der Waals surface area contributed by atoms with E-state index < -0.39 is 6.61 Å². The number of nitrogens with zero attached hydrogens (tertiary/aromatic N) is 5. The largest absolute Gasteiger partial charge is 0.387 e. The van der Waals surface area contributed by atoms with Gasteiger partial charge in [-0.15, -0.1) is 0 Å². The number of carbonyl (C=O) groups excluding carboxylic acids is 1. The van der Waals surface area contributed by atoms with Crippen LogP contribution < -0.4 is 5.32 Å². The lowest BCUT2D eigenvalue weighted by atomic mass is 10.2. The Morgan fingerprint density at radius 3 is 3.00 bits per heavy atom. The van der Waals surface area contributed by atoms with Gasteiger partial charge < -0.3 is 20.1 Å². The van der Waals surface area contributed by atoms with Crippen molar-refractivity contribution < 1.29 is 14.6 Å². The summed E-state index contributed by atoms with van der Waals surface area (Å²) in [6.07, 6.45) is 6.00. The van der Waals surface area contributed by atoms with Gasteiger partial charge in [0.1, 0.15) is 12.7 Å². The van der Waals surface area contributed by atoms with Gasteiger partial charge in [0.2, 0.25) is 11.9 Å². The Morgan fingerprint density at radius 1 is 1.39 bits per heavy atom. The van der Waals surface area contributed by atoms with Gasteiger partial charge in [-0.05, 0) is 6.07 Å². The Kier molecular flexibility index (Phi) is 4.69. The number of hydrogen-bond donors (Lipinski definition) is 2. The molecule has 3 heterocycles. The third-order valence-corrected chi connectivity index (χ3v) is 3.34. The van der Waals surface area contributed by atoms with E-state index in [-0.39, 0.29) is 12.0 Å². The Bertz CT molecular complexity index is 669. The molecule has 1 amide bonds. The van der Waals surface area contributed by atoms with E-state index in [1.165, 1.54) is 0 Å². The summed E-state index contributed by atoms with van der Waals surface area (Å²) in [5, 5.41) is 11.9. The summed E-state index contributed by atoms with van der Waals surface area (Å²) < 4.78 is 5.66. The second kappa shape index (κ2) is 7.07. The highest BCUT2D eigenvalue weighted by atomic mass is 16.5. The highest BCUT2D eigenvalue weighted by molar-refractivity contribution is 5.77. The van der Waals surface area contributed by atoms with Gasteiger partial charge in [0, 0.05) is 18.9 Å². The van der Waals surface area contributed by atoms with Gasteiger partial charge in [0.25, 0.3) is 0 Å². The van der Waals surface area contributed by atoms with Crippen LogP contribution in [-0.4, -0.2) is 62.2 Å². The number of amides is 1. The van der Waals surface area contributed by atoms with Gasteiger partial charge in [-0.1, -0.05) is 0 Å². The summed E-state index contributed by atoms with van der Waals surface area (Å²) in [6, 6.07) is 1.72. The summed E-state index contributed by atoms with van der Waals surface area (Å²) in [4.78, 5) is 29.8. The molecular formula is C14H16N6O3. The van der Waals surface area contributed by atoms with Crippen LogP contribution in [0.1, 0.15) is 11.8 Å². The van der Waals surface area contributed by atoms with E-state index in [4.69, 9.17) is 9.84 Å². The number of morpholine rings is 1. The minimum Gasteiger partial charge on any atom is -0.387 e. The molecule has 0 bridgehead atoms. The quantitative estimate of drug-likeness (QED) is 0.804. The van der Waals surface area contributed by atoms with Gasteiger partial charge in [-0.25, -0.2) is 15.0 Å². The van der Waals surface area contributed by atoms with Gasteiger partial charge in [-0.3, -0.25) is 9.78 Å². The van der Waals surface area contributed by atoms with Gasteiger partial charge in [0.05, 0.1) is 31.2 Å². The van der Waals surface area contributed by atoms with E-state index in [2.05, 4.69) is 25.3 Å². The second-order valence-corrected chi connectivity index (χ2v) is 4.88. The molecule has 9 heteroatoms. The summed E-state index contributed by atoms with van der Waals surface area (Å²) in [5.41, 5.74) is 0.598. The van der Waals surface area contributed by atoms with Crippen LogP contribution in [-0.2, 0) is 9.53 Å². The van der Waals surface area contributed by atoms with Crippen LogP contribution >= 0.6 is 0 Å². The first-order chi connectivity index (χ1) is 11.3. The molecule has 0 aromatic carbocycles. The highest BCUT2D eigenvalue weighted by Gasteiger charge is 2.26. The smallest absolute Gasteiger partial charge is 0.248 e.